The number of nitrogens with one attached hydrogen (secondary N) is 1. The molecule has 1 rings (SSSR count). The zero-order valence-electron chi connectivity index (χ0n) is 11.7. The molecule has 1 aromatic rings. The van der Waals surface area contributed by atoms with Crippen LogP contribution in [0.1, 0.15) is 50.6 Å². The lowest BCUT2D eigenvalue weighted by Crippen LogP contribution is -2.25. The maximum Gasteiger partial charge on any atom is 0.0509 e. The van der Waals surface area contributed by atoms with Gasteiger partial charge in [-0.15, -0.1) is 11.3 Å². The molecule has 0 saturated carbocycles. The van der Waals surface area contributed by atoms with Gasteiger partial charge in [0.15, 0.2) is 0 Å². The summed E-state index contributed by atoms with van der Waals surface area (Å²) in [5.41, 5.74) is 1.43. The van der Waals surface area contributed by atoms with Crippen LogP contribution in [0.2, 0.25) is 0 Å². The van der Waals surface area contributed by atoms with E-state index in [0.29, 0.717) is 10.8 Å². The molecule has 0 spiro atoms. The Kier molecular flexibility index (Phi) is 6.04. The van der Waals surface area contributed by atoms with E-state index in [1.807, 2.05) is 23.1 Å². The summed E-state index contributed by atoms with van der Waals surface area (Å²) < 4.78 is 0.345. The minimum Gasteiger partial charge on any atom is -0.309 e. The monoisotopic (exact) mass is 271 g/mol. The van der Waals surface area contributed by atoms with Gasteiger partial charge in [-0.2, -0.15) is 11.8 Å². The fourth-order valence-electron chi connectivity index (χ4n) is 1.62. The lowest BCUT2D eigenvalue weighted by Gasteiger charge is -2.23. The molecule has 17 heavy (non-hydrogen) atoms. The van der Waals surface area contributed by atoms with Crippen LogP contribution in [-0.4, -0.2) is 17.0 Å². The van der Waals surface area contributed by atoms with E-state index in [-0.39, 0.29) is 0 Å². The van der Waals surface area contributed by atoms with Gasteiger partial charge in [-0.1, -0.05) is 27.7 Å². The highest BCUT2D eigenvalue weighted by Gasteiger charge is 2.18. The Bertz CT molecular complexity index is 325. The van der Waals surface area contributed by atoms with Crippen molar-refractivity contribution in [2.75, 3.05) is 12.3 Å². The second-order valence-electron chi connectivity index (χ2n) is 5.40. The van der Waals surface area contributed by atoms with Crippen LogP contribution < -0.4 is 5.32 Å². The topological polar surface area (TPSA) is 12.0 Å². The van der Waals surface area contributed by atoms with Crippen molar-refractivity contribution in [2.24, 2.45) is 0 Å². The maximum absolute atomic E-state index is 3.67. The lowest BCUT2D eigenvalue weighted by molar-refractivity contribution is 0.581. The minimum atomic E-state index is 0.345. The summed E-state index contributed by atoms with van der Waals surface area (Å²) in [6.07, 6.45) is 1.20. The number of hydrogen-bond donors (Lipinski definition) is 1. The van der Waals surface area contributed by atoms with Crippen molar-refractivity contribution in [3.8, 4) is 0 Å². The average molecular weight is 271 g/mol. The van der Waals surface area contributed by atoms with E-state index in [0.717, 1.165) is 12.3 Å². The summed E-state index contributed by atoms with van der Waals surface area (Å²) in [4.78, 5) is 1.51. The van der Waals surface area contributed by atoms with Crippen molar-refractivity contribution in [3.63, 3.8) is 0 Å². The van der Waals surface area contributed by atoms with Gasteiger partial charge in [0.25, 0.3) is 0 Å². The zero-order chi connectivity index (χ0) is 12.9. The molecule has 1 N–H and O–H groups in total. The van der Waals surface area contributed by atoms with Gasteiger partial charge in [0, 0.05) is 15.4 Å². The third kappa shape index (κ3) is 5.45. The summed E-state index contributed by atoms with van der Waals surface area (Å²) in [5, 5.41) is 5.88. The normalized spacial score (nSPS) is 13.9. The third-order valence-electron chi connectivity index (χ3n) is 2.54. The molecule has 1 heterocycles. The Hall–Kier alpha value is 0.0100. The zero-order valence-corrected chi connectivity index (χ0v) is 13.3. The van der Waals surface area contributed by atoms with E-state index in [4.69, 9.17) is 0 Å². The maximum atomic E-state index is 3.67. The first-order valence-corrected chi connectivity index (χ1v) is 8.22. The van der Waals surface area contributed by atoms with Crippen molar-refractivity contribution in [2.45, 2.75) is 51.8 Å². The summed E-state index contributed by atoms with van der Waals surface area (Å²) in [6, 6.07) is 2.74. The second-order valence-corrected chi connectivity index (χ2v) is 8.19. The lowest BCUT2D eigenvalue weighted by atomic mass is 10.2. The summed E-state index contributed by atoms with van der Waals surface area (Å²) in [7, 11) is 0. The minimum absolute atomic E-state index is 0.345. The van der Waals surface area contributed by atoms with Gasteiger partial charge in [0.1, 0.15) is 0 Å². The Labute approximate surface area is 114 Å². The van der Waals surface area contributed by atoms with E-state index >= 15 is 0 Å². The van der Waals surface area contributed by atoms with Gasteiger partial charge in [-0.05, 0) is 36.9 Å². The average Bonchev–Trinajstić information content (AvgIpc) is 2.63. The van der Waals surface area contributed by atoms with Gasteiger partial charge >= 0.3 is 0 Å². The number of rotatable bonds is 6. The highest BCUT2D eigenvalue weighted by atomic mass is 32.2. The van der Waals surface area contributed by atoms with E-state index in [2.05, 4.69) is 51.4 Å². The van der Waals surface area contributed by atoms with Crippen LogP contribution >= 0.6 is 23.1 Å². The highest BCUT2D eigenvalue weighted by molar-refractivity contribution is 8.00. The van der Waals surface area contributed by atoms with Crippen LogP contribution in [0.4, 0.5) is 0 Å². The van der Waals surface area contributed by atoms with E-state index < -0.39 is 0 Å². The Morgan fingerprint density at radius 1 is 1.41 bits per heavy atom. The van der Waals surface area contributed by atoms with Crippen LogP contribution in [0.25, 0.3) is 0 Å². The Balaban J connectivity index is 2.64. The van der Waals surface area contributed by atoms with Crippen molar-refractivity contribution in [3.05, 3.63) is 21.9 Å². The van der Waals surface area contributed by atoms with Crippen LogP contribution in [0.5, 0.6) is 0 Å². The second kappa shape index (κ2) is 6.81. The number of aryl methyl sites for hydroxylation is 1. The van der Waals surface area contributed by atoms with Crippen LogP contribution in [0.3, 0.4) is 0 Å². The van der Waals surface area contributed by atoms with E-state index in [9.17, 15) is 0 Å². The smallest absolute Gasteiger partial charge is 0.0509 e. The van der Waals surface area contributed by atoms with Crippen LogP contribution in [-0.2, 0) is 0 Å². The number of thioether (sulfide) groups is 1. The molecule has 0 aliphatic heterocycles. The first-order chi connectivity index (χ1) is 7.94. The Morgan fingerprint density at radius 2 is 2.12 bits per heavy atom. The summed E-state index contributed by atoms with van der Waals surface area (Å²) in [5.74, 6) is 1.16. The summed E-state index contributed by atoms with van der Waals surface area (Å²) >= 11 is 3.93. The first kappa shape index (κ1) is 15.1. The molecular formula is C14H25NS2. The van der Waals surface area contributed by atoms with Crippen molar-refractivity contribution < 1.29 is 0 Å². The molecular weight excluding hydrogens is 246 g/mol. The molecule has 0 saturated heterocycles. The van der Waals surface area contributed by atoms with Crippen LogP contribution in [0.15, 0.2) is 11.4 Å². The van der Waals surface area contributed by atoms with Crippen molar-refractivity contribution in [1.29, 1.82) is 0 Å². The molecule has 1 unspecified atom stereocenters. The summed E-state index contributed by atoms with van der Waals surface area (Å²) in [6.45, 7) is 12.4. The third-order valence-corrected chi connectivity index (χ3v) is 5.04. The van der Waals surface area contributed by atoms with Crippen molar-refractivity contribution >= 4 is 23.1 Å². The largest absolute Gasteiger partial charge is 0.309 e. The molecule has 0 aliphatic carbocycles. The fourth-order valence-corrected chi connectivity index (χ4v) is 3.68. The van der Waals surface area contributed by atoms with Gasteiger partial charge in [-0.25, -0.2) is 0 Å². The predicted molar refractivity (Wildman–Crippen MR) is 82.3 cm³/mol. The molecule has 3 heteroatoms. The molecule has 0 bridgehead atoms. The molecule has 0 aromatic carbocycles. The number of thiophene rings is 1. The van der Waals surface area contributed by atoms with Gasteiger partial charge in [0.05, 0.1) is 6.04 Å². The van der Waals surface area contributed by atoms with Gasteiger partial charge in [0.2, 0.25) is 0 Å². The fraction of sp³-hybridized carbons (Fsp3) is 0.714. The molecule has 0 amide bonds. The SMILES string of the molecule is CCCNC(CSC(C)(C)C)c1sccc1C. The quantitative estimate of drug-likeness (QED) is 0.809. The number of hydrogen-bond acceptors (Lipinski definition) is 3. The van der Waals surface area contributed by atoms with E-state index in [1.54, 1.807) is 0 Å². The molecule has 0 fully saturated rings. The standard InChI is InChI=1S/C14H25NS2/c1-6-8-15-12(10-17-14(3,4)5)13-11(2)7-9-16-13/h7,9,12,15H,6,8,10H2,1-5H3. The molecule has 1 aromatic heterocycles. The molecule has 1 atom stereocenters. The molecule has 0 radical (unpaired) electrons. The Morgan fingerprint density at radius 3 is 2.59 bits per heavy atom. The highest BCUT2D eigenvalue weighted by Crippen LogP contribution is 2.31. The first-order valence-electron chi connectivity index (χ1n) is 6.35. The van der Waals surface area contributed by atoms with Crippen molar-refractivity contribution in [1.82, 2.24) is 5.32 Å². The predicted octanol–water partition coefficient (Wildman–Crippen LogP) is 4.63. The molecule has 0 aliphatic rings. The van der Waals surface area contributed by atoms with Gasteiger partial charge < -0.3 is 5.32 Å². The molecule has 98 valence electrons. The molecule has 1 nitrogen and oxygen atoms in total. The van der Waals surface area contributed by atoms with Crippen LogP contribution in [0, 0.1) is 6.92 Å². The van der Waals surface area contributed by atoms with Gasteiger partial charge in [-0.3, -0.25) is 0 Å². The van der Waals surface area contributed by atoms with E-state index in [1.165, 1.54) is 16.9 Å².